The van der Waals surface area contributed by atoms with Crippen LogP contribution in [0.4, 0.5) is 0 Å². The summed E-state index contributed by atoms with van der Waals surface area (Å²) in [5.74, 6) is 0. The lowest BCUT2D eigenvalue weighted by Gasteiger charge is -2.25. The molecule has 0 bridgehead atoms. The largest absolute Gasteiger partial charge is 0.0840 e. The first-order valence-corrected chi connectivity index (χ1v) is 5.35. The van der Waals surface area contributed by atoms with Crippen LogP contribution >= 0.6 is 11.6 Å². The molecule has 0 aromatic heterocycles. The van der Waals surface area contributed by atoms with Crippen LogP contribution in [0, 0.1) is 0 Å². The Morgan fingerprint density at radius 3 is 2.38 bits per heavy atom. The quantitative estimate of drug-likeness (QED) is 0.630. The van der Waals surface area contributed by atoms with Gasteiger partial charge in [0.1, 0.15) is 0 Å². The smallest absolute Gasteiger partial charge is 0.0443 e. The van der Waals surface area contributed by atoms with Crippen LogP contribution in [0.2, 0.25) is 5.02 Å². The number of halogens is 1. The van der Waals surface area contributed by atoms with Gasteiger partial charge in [-0.2, -0.15) is 0 Å². The third-order valence-electron chi connectivity index (χ3n) is 3.23. The fraction of sp³-hybridized carbons (Fsp3) is 0.500. The highest BCUT2D eigenvalue weighted by Crippen LogP contribution is 2.42. The van der Waals surface area contributed by atoms with Gasteiger partial charge in [-0.15, -0.1) is 0 Å². The van der Waals surface area contributed by atoms with Gasteiger partial charge in [0.2, 0.25) is 0 Å². The first-order valence-electron chi connectivity index (χ1n) is 4.97. The summed E-state index contributed by atoms with van der Waals surface area (Å²) in [5, 5.41) is 0.937. The van der Waals surface area contributed by atoms with Crippen molar-refractivity contribution in [2.75, 3.05) is 0 Å². The Morgan fingerprint density at radius 1 is 1.15 bits per heavy atom. The lowest BCUT2D eigenvalue weighted by atomic mass is 9.81. The van der Waals surface area contributed by atoms with Crippen molar-refractivity contribution in [2.24, 2.45) is 0 Å². The molecule has 0 spiro atoms. The SMILES string of the molecule is CC1(c2ccccc2Cl)CCCC1. The molecule has 0 amide bonds. The molecule has 1 aromatic rings. The molecule has 1 heteroatoms. The molecule has 0 saturated heterocycles. The highest BCUT2D eigenvalue weighted by atomic mass is 35.5. The summed E-state index contributed by atoms with van der Waals surface area (Å²) in [6.07, 6.45) is 5.27. The minimum Gasteiger partial charge on any atom is -0.0840 e. The molecule has 0 aliphatic heterocycles. The summed E-state index contributed by atoms with van der Waals surface area (Å²) in [7, 11) is 0. The maximum atomic E-state index is 6.19. The fourth-order valence-corrected chi connectivity index (χ4v) is 2.74. The second-order valence-electron chi connectivity index (χ2n) is 4.25. The van der Waals surface area contributed by atoms with Crippen LogP contribution in [0.5, 0.6) is 0 Å². The van der Waals surface area contributed by atoms with Gasteiger partial charge in [0.25, 0.3) is 0 Å². The van der Waals surface area contributed by atoms with E-state index >= 15 is 0 Å². The molecule has 1 aliphatic rings. The predicted octanol–water partition coefficient (Wildman–Crippen LogP) is 4.17. The molecule has 0 radical (unpaired) electrons. The van der Waals surface area contributed by atoms with E-state index in [1.54, 1.807) is 0 Å². The molecule has 70 valence electrons. The van der Waals surface area contributed by atoms with Gasteiger partial charge in [-0.05, 0) is 29.9 Å². The average molecular weight is 195 g/mol. The first-order chi connectivity index (χ1) is 6.22. The normalized spacial score (nSPS) is 20.5. The van der Waals surface area contributed by atoms with Gasteiger partial charge in [0.05, 0.1) is 0 Å². The Kier molecular flexibility index (Phi) is 2.33. The van der Waals surface area contributed by atoms with E-state index in [9.17, 15) is 0 Å². The first kappa shape index (κ1) is 9.08. The molecule has 1 saturated carbocycles. The zero-order valence-corrected chi connectivity index (χ0v) is 8.77. The summed E-state index contributed by atoms with van der Waals surface area (Å²) >= 11 is 6.19. The summed E-state index contributed by atoms with van der Waals surface area (Å²) in [6, 6.07) is 8.27. The van der Waals surface area contributed by atoms with Crippen molar-refractivity contribution >= 4 is 11.6 Å². The molecule has 2 rings (SSSR count). The lowest BCUT2D eigenvalue weighted by molar-refractivity contribution is 0.491. The van der Waals surface area contributed by atoms with Crippen LogP contribution in [-0.2, 0) is 5.41 Å². The third kappa shape index (κ3) is 1.60. The van der Waals surface area contributed by atoms with Crippen molar-refractivity contribution in [3.8, 4) is 0 Å². The second-order valence-corrected chi connectivity index (χ2v) is 4.65. The second kappa shape index (κ2) is 3.34. The Balaban J connectivity index is 2.39. The predicted molar refractivity (Wildman–Crippen MR) is 57.3 cm³/mol. The summed E-state index contributed by atoms with van der Waals surface area (Å²) in [6.45, 7) is 2.33. The Hall–Kier alpha value is -0.490. The molecule has 1 aliphatic carbocycles. The molecule has 0 atom stereocenters. The topological polar surface area (TPSA) is 0 Å². The van der Waals surface area contributed by atoms with Gasteiger partial charge in [0.15, 0.2) is 0 Å². The van der Waals surface area contributed by atoms with Crippen molar-refractivity contribution in [2.45, 2.75) is 38.0 Å². The van der Waals surface area contributed by atoms with Gasteiger partial charge in [-0.25, -0.2) is 0 Å². The van der Waals surface area contributed by atoms with Crippen LogP contribution in [0.3, 0.4) is 0 Å². The Bertz CT molecular complexity index is 298. The van der Waals surface area contributed by atoms with Crippen molar-refractivity contribution in [3.63, 3.8) is 0 Å². The van der Waals surface area contributed by atoms with Gasteiger partial charge in [-0.3, -0.25) is 0 Å². The van der Waals surface area contributed by atoms with Crippen LogP contribution in [0.25, 0.3) is 0 Å². The maximum absolute atomic E-state index is 6.19. The highest BCUT2D eigenvalue weighted by molar-refractivity contribution is 6.31. The number of hydrogen-bond donors (Lipinski definition) is 0. The van der Waals surface area contributed by atoms with Crippen molar-refractivity contribution in [3.05, 3.63) is 34.9 Å². The Labute approximate surface area is 84.9 Å². The minimum atomic E-state index is 0.346. The fourth-order valence-electron chi connectivity index (χ4n) is 2.38. The van der Waals surface area contributed by atoms with Crippen LogP contribution in [-0.4, -0.2) is 0 Å². The molecule has 0 unspecified atom stereocenters. The van der Waals surface area contributed by atoms with Crippen molar-refractivity contribution < 1.29 is 0 Å². The molecular formula is C12H15Cl. The summed E-state index contributed by atoms with van der Waals surface area (Å²) < 4.78 is 0. The molecule has 1 fully saturated rings. The maximum Gasteiger partial charge on any atom is 0.0443 e. The van der Waals surface area contributed by atoms with E-state index in [1.807, 2.05) is 12.1 Å². The number of rotatable bonds is 1. The molecule has 0 heterocycles. The van der Waals surface area contributed by atoms with E-state index in [2.05, 4.69) is 19.1 Å². The molecule has 0 N–H and O–H groups in total. The number of benzene rings is 1. The van der Waals surface area contributed by atoms with Crippen molar-refractivity contribution in [1.82, 2.24) is 0 Å². The van der Waals surface area contributed by atoms with E-state index < -0.39 is 0 Å². The molecular weight excluding hydrogens is 180 g/mol. The lowest BCUT2D eigenvalue weighted by Crippen LogP contribution is -2.16. The van der Waals surface area contributed by atoms with Gasteiger partial charge in [0, 0.05) is 5.02 Å². The Morgan fingerprint density at radius 2 is 1.77 bits per heavy atom. The van der Waals surface area contributed by atoms with E-state index in [-0.39, 0.29) is 0 Å². The van der Waals surface area contributed by atoms with E-state index in [0.29, 0.717) is 5.41 Å². The zero-order chi connectivity index (χ0) is 9.31. The van der Waals surface area contributed by atoms with Gasteiger partial charge in [-0.1, -0.05) is 49.6 Å². The summed E-state index contributed by atoms with van der Waals surface area (Å²) in [5.41, 5.74) is 1.69. The third-order valence-corrected chi connectivity index (χ3v) is 3.56. The van der Waals surface area contributed by atoms with Crippen LogP contribution in [0.1, 0.15) is 38.2 Å². The van der Waals surface area contributed by atoms with E-state index in [4.69, 9.17) is 11.6 Å². The van der Waals surface area contributed by atoms with Crippen LogP contribution < -0.4 is 0 Å². The highest BCUT2D eigenvalue weighted by Gasteiger charge is 2.31. The van der Waals surface area contributed by atoms with Crippen molar-refractivity contribution in [1.29, 1.82) is 0 Å². The van der Waals surface area contributed by atoms with Crippen LogP contribution in [0.15, 0.2) is 24.3 Å². The summed E-state index contributed by atoms with van der Waals surface area (Å²) in [4.78, 5) is 0. The zero-order valence-electron chi connectivity index (χ0n) is 8.02. The molecule has 0 nitrogen and oxygen atoms in total. The van der Waals surface area contributed by atoms with E-state index in [1.165, 1.54) is 31.2 Å². The average Bonchev–Trinajstić information content (AvgIpc) is 2.54. The molecule has 1 aromatic carbocycles. The standard InChI is InChI=1S/C12H15Cl/c1-12(8-4-5-9-12)10-6-2-3-7-11(10)13/h2-3,6-7H,4-5,8-9H2,1H3. The van der Waals surface area contributed by atoms with Gasteiger partial charge < -0.3 is 0 Å². The monoisotopic (exact) mass is 194 g/mol. The van der Waals surface area contributed by atoms with E-state index in [0.717, 1.165) is 5.02 Å². The van der Waals surface area contributed by atoms with Gasteiger partial charge >= 0.3 is 0 Å². The minimum absolute atomic E-state index is 0.346. The number of hydrogen-bond acceptors (Lipinski definition) is 0. The molecule has 13 heavy (non-hydrogen) atoms.